The van der Waals surface area contributed by atoms with E-state index in [1.807, 2.05) is 26.8 Å². The van der Waals surface area contributed by atoms with Crippen LogP contribution in [0.25, 0.3) is 0 Å². The first-order valence-corrected chi connectivity index (χ1v) is 9.73. The Hall–Kier alpha value is -1.36. The topological polar surface area (TPSA) is 59.1 Å². The highest BCUT2D eigenvalue weighted by Gasteiger charge is 2.32. The first-order valence-electron chi connectivity index (χ1n) is 7.17. The van der Waals surface area contributed by atoms with Crippen molar-refractivity contribution >= 4 is 38.4 Å². The van der Waals surface area contributed by atoms with Crippen molar-refractivity contribution in [2.75, 3.05) is 4.72 Å². The molecule has 0 aliphatic rings. The second-order valence-electron chi connectivity index (χ2n) is 6.44. The summed E-state index contributed by atoms with van der Waals surface area (Å²) in [5.74, 6) is -0.144. The van der Waals surface area contributed by atoms with Crippen molar-refractivity contribution in [3.05, 3.63) is 51.2 Å². The molecule has 0 saturated carbocycles. The van der Waals surface area contributed by atoms with Gasteiger partial charge < -0.3 is 0 Å². The molecule has 0 aliphatic carbocycles. The number of rotatable bonds is 3. The number of pyridine rings is 1. The number of sulfonamides is 1. The Balaban J connectivity index is 2.37. The quantitative estimate of drug-likeness (QED) is 0.637. The molecule has 0 fully saturated rings. The van der Waals surface area contributed by atoms with Crippen LogP contribution in [0.3, 0.4) is 0 Å². The molecule has 1 heterocycles. The Morgan fingerprint density at radius 2 is 1.72 bits per heavy atom. The zero-order valence-electron chi connectivity index (χ0n) is 13.6. The lowest BCUT2D eigenvalue weighted by molar-refractivity contribution is -0.137. The van der Waals surface area contributed by atoms with Gasteiger partial charge in [0.2, 0.25) is 0 Å². The number of alkyl halides is 3. The number of anilines is 1. The third kappa shape index (κ3) is 4.84. The molecule has 25 heavy (non-hydrogen) atoms. The van der Waals surface area contributed by atoms with Gasteiger partial charge in [0.25, 0.3) is 10.0 Å². The van der Waals surface area contributed by atoms with Gasteiger partial charge in [-0.1, -0.05) is 32.9 Å². The Morgan fingerprint density at radius 1 is 1.08 bits per heavy atom. The summed E-state index contributed by atoms with van der Waals surface area (Å²) in [6.07, 6.45) is -3.93. The van der Waals surface area contributed by atoms with E-state index >= 15 is 0 Å². The van der Waals surface area contributed by atoms with Crippen LogP contribution in [0.4, 0.5) is 19.0 Å². The summed E-state index contributed by atoms with van der Waals surface area (Å²) in [7, 11) is -3.97. The average molecular weight is 484 g/mol. The maximum Gasteiger partial charge on any atom is 0.417 e. The van der Waals surface area contributed by atoms with E-state index < -0.39 is 21.8 Å². The zero-order chi connectivity index (χ0) is 19.0. The standard InChI is InChI=1S/C16H16F3IN2O2S/c1-15(2,3)10-5-4-6-12(7-10)25(23,24)22-14-13(20)8-11(9-21-14)16(17,18)19/h4-9H,1-3H3,(H,21,22). The summed E-state index contributed by atoms with van der Waals surface area (Å²) in [5.41, 5.74) is -0.355. The van der Waals surface area contributed by atoms with Crippen molar-refractivity contribution in [3.63, 3.8) is 0 Å². The van der Waals surface area contributed by atoms with Crippen LogP contribution >= 0.6 is 22.6 Å². The summed E-state index contributed by atoms with van der Waals surface area (Å²) in [6.45, 7) is 5.85. The van der Waals surface area contributed by atoms with Crippen LogP contribution < -0.4 is 4.72 Å². The number of nitrogens with zero attached hydrogens (tertiary/aromatic N) is 1. The second kappa shape index (κ2) is 6.75. The lowest BCUT2D eigenvalue weighted by Crippen LogP contribution is -2.17. The molecule has 0 bridgehead atoms. The van der Waals surface area contributed by atoms with Gasteiger partial charge in [-0.15, -0.1) is 0 Å². The lowest BCUT2D eigenvalue weighted by Gasteiger charge is -2.20. The molecular weight excluding hydrogens is 468 g/mol. The fraction of sp³-hybridized carbons (Fsp3) is 0.312. The van der Waals surface area contributed by atoms with Crippen LogP contribution in [0.5, 0.6) is 0 Å². The van der Waals surface area contributed by atoms with Gasteiger partial charge in [-0.3, -0.25) is 4.72 Å². The number of nitrogens with one attached hydrogen (secondary N) is 1. The summed E-state index contributed by atoms with van der Waals surface area (Å²) in [5, 5.41) is 0. The van der Waals surface area contributed by atoms with E-state index in [9.17, 15) is 21.6 Å². The first kappa shape index (κ1) is 20.0. The van der Waals surface area contributed by atoms with E-state index in [0.29, 0.717) is 6.20 Å². The summed E-state index contributed by atoms with van der Waals surface area (Å²) in [4.78, 5) is 3.63. The molecule has 1 aromatic heterocycles. The fourth-order valence-corrected chi connectivity index (χ4v) is 3.85. The molecule has 9 heteroatoms. The normalized spacial score (nSPS) is 12.9. The molecule has 0 spiro atoms. The van der Waals surface area contributed by atoms with Crippen LogP contribution in [-0.2, 0) is 21.6 Å². The van der Waals surface area contributed by atoms with Crippen molar-refractivity contribution in [3.8, 4) is 0 Å². The zero-order valence-corrected chi connectivity index (χ0v) is 16.6. The minimum absolute atomic E-state index is 0.0254. The highest BCUT2D eigenvalue weighted by Crippen LogP contribution is 2.32. The van der Waals surface area contributed by atoms with Crippen molar-refractivity contribution in [1.29, 1.82) is 0 Å². The molecule has 1 aromatic carbocycles. The maximum atomic E-state index is 12.7. The Bertz CT molecular complexity index is 891. The second-order valence-corrected chi connectivity index (χ2v) is 9.28. The van der Waals surface area contributed by atoms with Crippen LogP contribution in [0.1, 0.15) is 31.9 Å². The highest BCUT2D eigenvalue weighted by atomic mass is 127. The Morgan fingerprint density at radius 3 is 2.24 bits per heavy atom. The molecule has 0 unspecified atom stereocenters. The number of halogens is 4. The minimum atomic E-state index is -4.54. The van der Waals surface area contributed by atoms with Crippen LogP contribution in [0.2, 0.25) is 0 Å². The van der Waals surface area contributed by atoms with E-state index in [1.165, 1.54) is 6.07 Å². The molecule has 4 nitrogen and oxygen atoms in total. The molecule has 0 radical (unpaired) electrons. The van der Waals surface area contributed by atoms with Gasteiger partial charge in [-0.2, -0.15) is 13.2 Å². The highest BCUT2D eigenvalue weighted by molar-refractivity contribution is 14.1. The number of hydrogen-bond donors (Lipinski definition) is 1. The van der Waals surface area contributed by atoms with Gasteiger partial charge in [0.15, 0.2) is 5.82 Å². The summed E-state index contributed by atoms with van der Waals surface area (Å²) >= 11 is 1.62. The molecule has 2 rings (SSSR count). The molecule has 136 valence electrons. The average Bonchev–Trinajstić information content (AvgIpc) is 2.47. The van der Waals surface area contributed by atoms with E-state index in [4.69, 9.17) is 0 Å². The van der Waals surface area contributed by atoms with Crippen molar-refractivity contribution in [2.45, 2.75) is 37.3 Å². The third-order valence-electron chi connectivity index (χ3n) is 3.41. The van der Waals surface area contributed by atoms with Gasteiger partial charge in [-0.25, -0.2) is 13.4 Å². The molecular formula is C16H16F3IN2O2S. The first-order chi connectivity index (χ1) is 11.3. The third-order valence-corrected chi connectivity index (χ3v) is 5.57. The monoisotopic (exact) mass is 484 g/mol. The van der Waals surface area contributed by atoms with Crippen LogP contribution in [0.15, 0.2) is 41.4 Å². The number of aromatic nitrogens is 1. The molecule has 0 aliphatic heterocycles. The Labute approximate surface area is 158 Å². The molecule has 0 saturated heterocycles. The minimum Gasteiger partial charge on any atom is -0.262 e. The van der Waals surface area contributed by atoms with Gasteiger partial charge in [0.1, 0.15) is 0 Å². The predicted molar refractivity (Wildman–Crippen MR) is 97.9 cm³/mol. The fourth-order valence-electron chi connectivity index (χ4n) is 1.98. The number of hydrogen-bond acceptors (Lipinski definition) is 3. The van der Waals surface area contributed by atoms with Crippen molar-refractivity contribution in [1.82, 2.24) is 4.98 Å². The Kier molecular flexibility index (Phi) is 5.39. The molecule has 0 atom stereocenters. The smallest absolute Gasteiger partial charge is 0.262 e. The molecule has 1 N–H and O–H groups in total. The summed E-state index contributed by atoms with van der Waals surface area (Å²) in [6, 6.07) is 7.25. The molecule has 0 amide bonds. The summed E-state index contributed by atoms with van der Waals surface area (Å²) < 4.78 is 65.4. The lowest BCUT2D eigenvalue weighted by atomic mass is 9.87. The van der Waals surface area contributed by atoms with Gasteiger partial charge in [-0.05, 0) is 51.8 Å². The number of benzene rings is 1. The van der Waals surface area contributed by atoms with E-state index in [1.54, 1.807) is 34.7 Å². The maximum absolute atomic E-state index is 12.7. The van der Waals surface area contributed by atoms with Gasteiger partial charge in [0, 0.05) is 6.20 Å². The SMILES string of the molecule is CC(C)(C)c1cccc(S(=O)(=O)Nc2ncc(C(F)(F)F)cc2I)c1. The van der Waals surface area contributed by atoms with Crippen molar-refractivity contribution < 1.29 is 21.6 Å². The predicted octanol–water partition coefficient (Wildman–Crippen LogP) is 4.80. The van der Waals surface area contributed by atoms with Crippen LogP contribution in [0, 0.1) is 3.57 Å². The van der Waals surface area contributed by atoms with Gasteiger partial charge >= 0.3 is 6.18 Å². The van der Waals surface area contributed by atoms with Crippen molar-refractivity contribution in [2.24, 2.45) is 0 Å². The largest absolute Gasteiger partial charge is 0.417 e. The molecule has 2 aromatic rings. The van der Waals surface area contributed by atoms with E-state index in [-0.39, 0.29) is 19.7 Å². The van der Waals surface area contributed by atoms with E-state index in [0.717, 1.165) is 11.6 Å². The van der Waals surface area contributed by atoms with E-state index in [2.05, 4.69) is 9.71 Å². The van der Waals surface area contributed by atoms with Crippen LogP contribution in [-0.4, -0.2) is 13.4 Å². The van der Waals surface area contributed by atoms with Gasteiger partial charge in [0.05, 0.1) is 14.0 Å².